The number of rotatable bonds is 11. The average Bonchev–Trinajstić information content (AvgIpc) is 3.03. The number of nitriles is 1. The molecule has 0 spiro atoms. The molecule has 11 heteroatoms. The third-order valence-corrected chi connectivity index (χ3v) is 9.76. The Morgan fingerprint density at radius 2 is 1.68 bits per heavy atom. The van der Waals surface area contributed by atoms with E-state index in [1.54, 1.807) is 43.3 Å². The van der Waals surface area contributed by atoms with Crippen molar-refractivity contribution in [3.8, 4) is 6.07 Å². The highest BCUT2D eigenvalue weighted by Gasteiger charge is 2.32. The van der Waals surface area contributed by atoms with Crippen molar-refractivity contribution in [2.75, 3.05) is 30.4 Å². The molecule has 3 aromatic carbocycles. The third-order valence-electron chi connectivity index (χ3n) is 8.01. The van der Waals surface area contributed by atoms with E-state index in [0.29, 0.717) is 30.9 Å². The number of hydrogen-bond donors (Lipinski definition) is 1. The second-order valence-corrected chi connectivity index (χ2v) is 13.0. The smallest absolute Gasteiger partial charge is 0.380 e. The first-order valence-electron chi connectivity index (χ1n) is 14.6. The molecule has 1 fully saturated rings. The molecule has 44 heavy (non-hydrogen) atoms. The first kappa shape index (κ1) is 33.0. The number of hydrogen-bond acceptors (Lipinski definition) is 6. The number of amides is 1. The van der Waals surface area contributed by atoms with Crippen LogP contribution in [0.4, 0.5) is 18.9 Å². The number of nitrogens with zero attached hydrogens (tertiary/aromatic N) is 2. The van der Waals surface area contributed by atoms with Crippen molar-refractivity contribution in [2.45, 2.75) is 62.2 Å². The van der Waals surface area contributed by atoms with E-state index in [0.717, 1.165) is 36.2 Å². The minimum Gasteiger partial charge on any atom is -0.380 e. The molecular formula is C33H36F3N3O4S. The number of benzene rings is 3. The van der Waals surface area contributed by atoms with E-state index < -0.39 is 27.6 Å². The second-order valence-electron chi connectivity index (χ2n) is 10.8. The summed E-state index contributed by atoms with van der Waals surface area (Å²) in [6, 6.07) is 20.1. The molecule has 0 bridgehead atoms. The van der Waals surface area contributed by atoms with E-state index in [2.05, 4.69) is 16.3 Å². The van der Waals surface area contributed by atoms with Gasteiger partial charge in [-0.05, 0) is 79.4 Å². The molecule has 1 aliphatic heterocycles. The van der Waals surface area contributed by atoms with Crippen molar-refractivity contribution in [3.63, 3.8) is 0 Å². The van der Waals surface area contributed by atoms with E-state index in [9.17, 15) is 31.6 Å². The molecule has 0 saturated carbocycles. The van der Waals surface area contributed by atoms with E-state index in [4.69, 9.17) is 4.74 Å². The van der Waals surface area contributed by atoms with Crippen LogP contribution >= 0.6 is 0 Å². The van der Waals surface area contributed by atoms with Gasteiger partial charge in [0.15, 0.2) is 9.84 Å². The number of ether oxygens (including phenoxy) is 1. The number of carbonyl (C=O) groups is 1. The van der Waals surface area contributed by atoms with Gasteiger partial charge in [0.25, 0.3) is 5.91 Å². The molecule has 3 atom stereocenters. The third kappa shape index (κ3) is 7.98. The zero-order valence-corrected chi connectivity index (χ0v) is 25.5. The summed E-state index contributed by atoms with van der Waals surface area (Å²) in [6.07, 6.45) is -2.78. The van der Waals surface area contributed by atoms with Crippen molar-refractivity contribution < 1.29 is 31.1 Å². The van der Waals surface area contributed by atoms with Gasteiger partial charge < -0.3 is 15.0 Å². The summed E-state index contributed by atoms with van der Waals surface area (Å²) in [7, 11) is -3.37. The van der Waals surface area contributed by atoms with Crippen LogP contribution < -0.4 is 10.2 Å². The maximum atomic E-state index is 13.2. The Morgan fingerprint density at radius 1 is 1.02 bits per heavy atom. The number of piperidine rings is 1. The van der Waals surface area contributed by atoms with Gasteiger partial charge in [0, 0.05) is 30.3 Å². The van der Waals surface area contributed by atoms with E-state index in [1.165, 1.54) is 12.1 Å². The molecule has 0 aromatic heterocycles. The first-order chi connectivity index (χ1) is 21.0. The Morgan fingerprint density at radius 3 is 2.25 bits per heavy atom. The number of alkyl halides is 3. The number of sulfone groups is 1. The fourth-order valence-corrected chi connectivity index (χ4v) is 6.33. The van der Waals surface area contributed by atoms with Crippen LogP contribution in [0.15, 0.2) is 77.7 Å². The summed E-state index contributed by atoms with van der Waals surface area (Å²) in [5, 5.41) is 12.2. The summed E-state index contributed by atoms with van der Waals surface area (Å²) >= 11 is 0. The van der Waals surface area contributed by atoms with Gasteiger partial charge in [0.1, 0.15) is 0 Å². The fourth-order valence-electron chi connectivity index (χ4n) is 5.45. The van der Waals surface area contributed by atoms with Crippen molar-refractivity contribution >= 4 is 21.4 Å². The summed E-state index contributed by atoms with van der Waals surface area (Å²) in [4.78, 5) is 15.5. The normalized spacial score (nSPS) is 18.0. The lowest BCUT2D eigenvalue weighted by Crippen LogP contribution is -2.45. The van der Waals surface area contributed by atoms with Crippen molar-refractivity contribution in [1.82, 2.24) is 5.32 Å². The lowest BCUT2D eigenvalue weighted by atomic mass is 9.86. The summed E-state index contributed by atoms with van der Waals surface area (Å²) in [5.74, 6) is -0.377. The highest BCUT2D eigenvalue weighted by atomic mass is 32.2. The van der Waals surface area contributed by atoms with E-state index in [1.807, 2.05) is 19.1 Å². The van der Waals surface area contributed by atoms with Gasteiger partial charge in [-0.15, -0.1) is 0 Å². The predicted octanol–water partition coefficient (Wildman–Crippen LogP) is 6.67. The summed E-state index contributed by atoms with van der Waals surface area (Å²) in [5.41, 5.74) is 2.05. The van der Waals surface area contributed by atoms with E-state index in [-0.39, 0.29) is 34.9 Å². The Kier molecular flexibility index (Phi) is 10.7. The standard InChI is InChI=1S/C33H36F3N3O4S/c1-3-43-22-29-16-9-26(23-5-12-27(13-6-23)33(34,35)36)21-39(29)28-14-7-25(8-15-28)32(40)38-31(19-20-37)24-10-17-30(18-11-24)44(41,42)4-2/h5-8,10-15,17-18,26,29,31H,3-4,9,16,19,21-22H2,1-2H3,(H,38,40)/t26-,29-,31-/m1/s1. The van der Waals surface area contributed by atoms with E-state index >= 15 is 0 Å². The molecule has 0 radical (unpaired) electrons. The molecule has 1 amide bonds. The zero-order valence-electron chi connectivity index (χ0n) is 24.7. The average molecular weight is 628 g/mol. The molecule has 1 heterocycles. The largest absolute Gasteiger partial charge is 0.416 e. The maximum Gasteiger partial charge on any atom is 0.416 e. The van der Waals surface area contributed by atoms with Crippen molar-refractivity contribution in [1.29, 1.82) is 5.26 Å². The van der Waals surface area contributed by atoms with Gasteiger partial charge in [-0.3, -0.25) is 4.79 Å². The molecule has 234 valence electrons. The maximum absolute atomic E-state index is 13.2. The van der Waals surface area contributed by atoms with Crippen molar-refractivity contribution in [3.05, 3.63) is 95.1 Å². The van der Waals surface area contributed by atoms with Crippen LogP contribution in [0.25, 0.3) is 0 Å². The molecule has 0 unspecified atom stereocenters. The minimum absolute atomic E-state index is 0.00191. The number of anilines is 1. The van der Waals surface area contributed by atoms with Crippen LogP contribution in [0.2, 0.25) is 0 Å². The van der Waals surface area contributed by atoms with Gasteiger partial charge in [0.05, 0.1) is 47.4 Å². The number of carbonyl (C=O) groups excluding carboxylic acids is 1. The van der Waals surface area contributed by atoms with Crippen LogP contribution in [0.5, 0.6) is 0 Å². The Balaban J connectivity index is 1.50. The Labute approximate surface area is 256 Å². The minimum atomic E-state index is -4.38. The van der Waals surface area contributed by atoms with Gasteiger partial charge in [-0.25, -0.2) is 8.42 Å². The fraction of sp³-hybridized carbons (Fsp3) is 0.394. The molecule has 0 aliphatic carbocycles. The molecule has 1 aliphatic rings. The molecule has 7 nitrogen and oxygen atoms in total. The SMILES string of the molecule is CCOC[C@H]1CC[C@@H](c2ccc(C(F)(F)F)cc2)CN1c1ccc(C(=O)N[C@H](CC#N)c2ccc(S(=O)(=O)CC)cc2)cc1. The van der Waals surface area contributed by atoms with Crippen LogP contribution in [-0.2, 0) is 20.8 Å². The topological polar surface area (TPSA) is 99.5 Å². The Bertz CT molecular complexity index is 1550. The predicted molar refractivity (Wildman–Crippen MR) is 162 cm³/mol. The molecule has 1 saturated heterocycles. The highest BCUT2D eigenvalue weighted by molar-refractivity contribution is 7.91. The van der Waals surface area contributed by atoms with Gasteiger partial charge in [-0.2, -0.15) is 18.4 Å². The van der Waals surface area contributed by atoms with Crippen LogP contribution in [0.1, 0.15) is 72.1 Å². The Hall–Kier alpha value is -3.88. The summed E-state index contributed by atoms with van der Waals surface area (Å²) < 4.78 is 69.3. The van der Waals surface area contributed by atoms with Gasteiger partial charge in [0.2, 0.25) is 0 Å². The van der Waals surface area contributed by atoms with Crippen LogP contribution in [0, 0.1) is 11.3 Å². The molecule has 1 N–H and O–H groups in total. The monoisotopic (exact) mass is 627 g/mol. The molecule has 3 aromatic rings. The second kappa shape index (κ2) is 14.3. The van der Waals surface area contributed by atoms with Crippen LogP contribution in [0.3, 0.4) is 0 Å². The summed E-state index contributed by atoms with van der Waals surface area (Å²) in [6.45, 7) is 5.14. The quantitative estimate of drug-likeness (QED) is 0.255. The number of halogens is 3. The zero-order chi connectivity index (χ0) is 31.9. The van der Waals surface area contributed by atoms with Crippen LogP contribution in [-0.4, -0.2) is 45.9 Å². The lowest BCUT2D eigenvalue weighted by molar-refractivity contribution is -0.137. The molecular weight excluding hydrogens is 591 g/mol. The van der Waals surface area contributed by atoms with Gasteiger partial charge >= 0.3 is 6.18 Å². The first-order valence-corrected chi connectivity index (χ1v) is 16.2. The highest BCUT2D eigenvalue weighted by Crippen LogP contribution is 2.36. The molecule has 4 rings (SSSR count). The lowest BCUT2D eigenvalue weighted by Gasteiger charge is -2.41. The van der Waals surface area contributed by atoms with Crippen molar-refractivity contribution in [2.24, 2.45) is 0 Å². The number of nitrogens with one attached hydrogen (secondary N) is 1. The van der Waals surface area contributed by atoms with Gasteiger partial charge in [-0.1, -0.05) is 31.2 Å².